The van der Waals surface area contributed by atoms with Gasteiger partial charge in [-0.05, 0) is 82.4 Å². The minimum atomic E-state index is -0.784. The standard InChI is InChI=1S/C24H36O6/c1-23(2,21(27)28)11-7-4-6-10-18-15-17(16-19(25)20(18)26)9-5-3-8-12-24(13-14-24)22(29)30/h15-16,25-26H,3-14H2,1-2H3,(H,27,28)(H,29,30). The molecule has 1 aliphatic carbocycles. The van der Waals surface area contributed by atoms with Crippen LogP contribution in [0.3, 0.4) is 0 Å². The zero-order valence-electron chi connectivity index (χ0n) is 18.2. The third-order valence-corrected chi connectivity index (χ3v) is 6.48. The highest BCUT2D eigenvalue weighted by molar-refractivity contribution is 5.77. The number of rotatable bonds is 14. The van der Waals surface area contributed by atoms with E-state index in [0.717, 1.165) is 75.3 Å². The van der Waals surface area contributed by atoms with Crippen LogP contribution >= 0.6 is 0 Å². The Bertz CT molecular complexity index is 748. The van der Waals surface area contributed by atoms with Crippen LogP contribution in [0.5, 0.6) is 11.5 Å². The first-order chi connectivity index (χ1) is 14.1. The third-order valence-electron chi connectivity index (χ3n) is 6.48. The van der Waals surface area contributed by atoms with Gasteiger partial charge in [0.25, 0.3) is 0 Å². The van der Waals surface area contributed by atoms with Crippen LogP contribution < -0.4 is 0 Å². The Morgan fingerprint density at radius 2 is 1.57 bits per heavy atom. The number of carboxylic acid groups (broad SMARTS) is 2. The van der Waals surface area contributed by atoms with Gasteiger partial charge in [-0.1, -0.05) is 31.7 Å². The molecule has 0 heterocycles. The van der Waals surface area contributed by atoms with Crippen molar-refractivity contribution in [3.63, 3.8) is 0 Å². The van der Waals surface area contributed by atoms with E-state index in [-0.39, 0.29) is 11.5 Å². The van der Waals surface area contributed by atoms with Gasteiger partial charge in [-0.25, -0.2) is 0 Å². The molecule has 0 unspecified atom stereocenters. The number of aromatic hydroxyl groups is 2. The van der Waals surface area contributed by atoms with Crippen molar-refractivity contribution in [1.82, 2.24) is 0 Å². The van der Waals surface area contributed by atoms with Crippen LogP contribution in [0.1, 0.15) is 89.2 Å². The second-order valence-corrected chi connectivity index (χ2v) is 9.52. The first-order valence-electron chi connectivity index (χ1n) is 11.1. The molecule has 1 aromatic rings. The average molecular weight is 421 g/mol. The number of phenols is 2. The molecule has 6 heteroatoms. The van der Waals surface area contributed by atoms with Gasteiger partial charge < -0.3 is 20.4 Å². The summed E-state index contributed by atoms with van der Waals surface area (Å²) in [6, 6.07) is 3.55. The summed E-state index contributed by atoms with van der Waals surface area (Å²) in [6.45, 7) is 3.46. The Morgan fingerprint density at radius 3 is 2.17 bits per heavy atom. The lowest BCUT2D eigenvalue weighted by Crippen LogP contribution is -2.23. The maximum absolute atomic E-state index is 11.2. The summed E-state index contributed by atoms with van der Waals surface area (Å²) in [6.07, 6.45) is 9.65. The van der Waals surface area contributed by atoms with E-state index in [1.807, 2.05) is 6.07 Å². The van der Waals surface area contributed by atoms with Gasteiger partial charge in [0.2, 0.25) is 0 Å². The minimum Gasteiger partial charge on any atom is -0.504 e. The summed E-state index contributed by atoms with van der Waals surface area (Å²) in [7, 11) is 0. The minimum absolute atomic E-state index is 0.0678. The third kappa shape index (κ3) is 6.64. The number of unbranched alkanes of at least 4 members (excludes halogenated alkanes) is 4. The molecule has 0 bridgehead atoms. The van der Waals surface area contributed by atoms with Gasteiger partial charge in [0, 0.05) is 0 Å². The second-order valence-electron chi connectivity index (χ2n) is 9.52. The van der Waals surface area contributed by atoms with Crippen LogP contribution in [-0.2, 0) is 22.4 Å². The number of hydrogen-bond acceptors (Lipinski definition) is 4. The van der Waals surface area contributed by atoms with E-state index in [4.69, 9.17) is 5.11 Å². The molecule has 6 nitrogen and oxygen atoms in total. The molecule has 0 saturated heterocycles. The van der Waals surface area contributed by atoms with Crippen LogP contribution in [0.15, 0.2) is 12.1 Å². The molecule has 2 rings (SSSR count). The molecule has 0 aromatic heterocycles. The summed E-state index contributed by atoms with van der Waals surface area (Å²) in [5, 5.41) is 38.6. The Labute approximate surface area is 178 Å². The molecule has 30 heavy (non-hydrogen) atoms. The lowest BCUT2D eigenvalue weighted by molar-refractivity contribution is -0.147. The number of phenolic OH excluding ortho intramolecular Hbond substituents is 2. The fourth-order valence-corrected chi connectivity index (χ4v) is 3.93. The van der Waals surface area contributed by atoms with E-state index >= 15 is 0 Å². The fourth-order valence-electron chi connectivity index (χ4n) is 3.93. The van der Waals surface area contributed by atoms with Crippen LogP contribution in [0, 0.1) is 10.8 Å². The summed E-state index contributed by atoms with van der Waals surface area (Å²) in [5.74, 6) is -1.62. The number of hydrogen-bond donors (Lipinski definition) is 4. The van der Waals surface area contributed by atoms with Gasteiger partial charge in [0.15, 0.2) is 11.5 Å². The van der Waals surface area contributed by atoms with Gasteiger partial charge in [-0.15, -0.1) is 0 Å². The molecular formula is C24H36O6. The summed E-state index contributed by atoms with van der Waals surface area (Å²) in [4.78, 5) is 22.4. The molecule has 0 spiro atoms. The van der Waals surface area contributed by atoms with E-state index in [1.165, 1.54) is 0 Å². The van der Waals surface area contributed by atoms with Gasteiger partial charge >= 0.3 is 11.9 Å². The van der Waals surface area contributed by atoms with Crippen molar-refractivity contribution in [1.29, 1.82) is 0 Å². The molecule has 1 saturated carbocycles. The maximum Gasteiger partial charge on any atom is 0.309 e. The molecular weight excluding hydrogens is 384 g/mol. The molecule has 0 radical (unpaired) electrons. The van der Waals surface area contributed by atoms with Crippen LogP contribution in [0.4, 0.5) is 0 Å². The molecule has 0 amide bonds. The number of benzene rings is 1. The Morgan fingerprint density at radius 1 is 0.933 bits per heavy atom. The van der Waals surface area contributed by atoms with Crippen LogP contribution in [0.2, 0.25) is 0 Å². The highest BCUT2D eigenvalue weighted by atomic mass is 16.4. The first-order valence-corrected chi connectivity index (χ1v) is 11.1. The molecule has 1 fully saturated rings. The number of aryl methyl sites for hydroxylation is 2. The quantitative estimate of drug-likeness (QED) is 0.240. The molecule has 1 aromatic carbocycles. The largest absolute Gasteiger partial charge is 0.504 e. The van der Waals surface area contributed by atoms with E-state index in [0.29, 0.717) is 12.8 Å². The van der Waals surface area contributed by atoms with Crippen molar-refractivity contribution >= 4 is 11.9 Å². The highest BCUT2D eigenvalue weighted by Gasteiger charge is 2.49. The van der Waals surface area contributed by atoms with Crippen LogP contribution in [0.25, 0.3) is 0 Å². The molecule has 0 atom stereocenters. The van der Waals surface area contributed by atoms with E-state index in [1.54, 1.807) is 19.9 Å². The van der Waals surface area contributed by atoms with Crippen molar-refractivity contribution in [2.45, 2.75) is 90.9 Å². The molecule has 1 aliphatic rings. The Balaban J connectivity index is 1.75. The van der Waals surface area contributed by atoms with Gasteiger partial charge in [-0.3, -0.25) is 9.59 Å². The Kier molecular flexibility index (Phi) is 8.16. The van der Waals surface area contributed by atoms with E-state index in [2.05, 4.69) is 0 Å². The topological polar surface area (TPSA) is 115 Å². The van der Waals surface area contributed by atoms with Crippen molar-refractivity contribution in [2.75, 3.05) is 0 Å². The zero-order valence-corrected chi connectivity index (χ0v) is 18.2. The number of carbonyl (C=O) groups is 2. The van der Waals surface area contributed by atoms with Crippen LogP contribution in [-0.4, -0.2) is 32.4 Å². The molecule has 4 N–H and O–H groups in total. The van der Waals surface area contributed by atoms with Gasteiger partial charge in [0.05, 0.1) is 10.8 Å². The van der Waals surface area contributed by atoms with E-state index in [9.17, 15) is 24.9 Å². The van der Waals surface area contributed by atoms with E-state index < -0.39 is 22.8 Å². The second kappa shape index (κ2) is 10.2. The summed E-state index contributed by atoms with van der Waals surface area (Å²) in [5.41, 5.74) is 0.533. The smallest absolute Gasteiger partial charge is 0.309 e. The number of aliphatic carboxylic acids is 2. The van der Waals surface area contributed by atoms with Crippen molar-refractivity contribution in [2.24, 2.45) is 10.8 Å². The number of carboxylic acids is 2. The summed E-state index contributed by atoms with van der Waals surface area (Å²) < 4.78 is 0. The lowest BCUT2D eigenvalue weighted by atomic mass is 9.87. The zero-order chi connectivity index (χ0) is 22.4. The van der Waals surface area contributed by atoms with Gasteiger partial charge in [-0.2, -0.15) is 0 Å². The monoisotopic (exact) mass is 420 g/mol. The lowest BCUT2D eigenvalue weighted by Gasteiger charge is -2.18. The summed E-state index contributed by atoms with van der Waals surface area (Å²) >= 11 is 0. The average Bonchev–Trinajstić information content (AvgIpc) is 3.46. The van der Waals surface area contributed by atoms with Gasteiger partial charge in [0.1, 0.15) is 0 Å². The van der Waals surface area contributed by atoms with Crippen molar-refractivity contribution < 1.29 is 30.0 Å². The fraction of sp³-hybridized carbons (Fsp3) is 0.667. The highest BCUT2D eigenvalue weighted by Crippen LogP contribution is 2.50. The molecule has 168 valence electrons. The maximum atomic E-state index is 11.2. The van der Waals surface area contributed by atoms with Crippen molar-refractivity contribution in [3.05, 3.63) is 23.3 Å². The Hall–Kier alpha value is -2.24. The predicted octanol–water partition coefficient (Wildman–Crippen LogP) is 5.28. The predicted molar refractivity (Wildman–Crippen MR) is 115 cm³/mol. The molecule has 0 aliphatic heterocycles. The van der Waals surface area contributed by atoms with Crippen molar-refractivity contribution in [3.8, 4) is 11.5 Å². The first kappa shape index (κ1) is 24.0. The SMILES string of the molecule is CC(C)(CCCCCc1cc(CCCCCC2(C(=O)O)CC2)cc(O)c1O)C(=O)O. The normalized spacial score (nSPS) is 15.1.